The van der Waals surface area contributed by atoms with Crippen LogP contribution in [0, 0.1) is 0 Å². The van der Waals surface area contributed by atoms with Crippen LogP contribution in [-0.4, -0.2) is 109 Å². The van der Waals surface area contributed by atoms with Gasteiger partial charge in [-0.2, -0.15) is 13.2 Å². The van der Waals surface area contributed by atoms with Crippen LogP contribution in [0.3, 0.4) is 0 Å². The molecule has 3 amide bonds. The number of piperidine rings is 1. The van der Waals surface area contributed by atoms with Crippen LogP contribution in [0.25, 0.3) is 32.9 Å². The Morgan fingerprint density at radius 3 is 2.08 bits per heavy atom. The Labute approximate surface area is 336 Å². The molecule has 17 heteroatoms. The van der Waals surface area contributed by atoms with Gasteiger partial charge in [-0.05, 0) is 54.8 Å². The molecule has 0 saturated carbocycles. The molecule has 1 saturated heterocycles. The zero-order chi connectivity index (χ0) is 41.5. The molecule has 1 N–H and O–H groups in total. The van der Waals surface area contributed by atoms with Crippen LogP contribution in [0.2, 0.25) is 0 Å². The molecule has 2 aliphatic heterocycles. The number of imide groups is 1. The first-order valence-corrected chi connectivity index (χ1v) is 19.0. The highest BCUT2D eigenvalue weighted by molar-refractivity contribution is 6.23. The summed E-state index contributed by atoms with van der Waals surface area (Å²) in [7, 11) is 1.90. The van der Waals surface area contributed by atoms with Crippen LogP contribution < -0.4 is 14.8 Å². The number of benzene rings is 2. The second kappa shape index (κ2) is 18.4. The summed E-state index contributed by atoms with van der Waals surface area (Å²) in [6, 6.07) is 12.1. The minimum atomic E-state index is -4.68. The number of allylic oxidation sites excluding steroid dienone is 1. The van der Waals surface area contributed by atoms with Crippen molar-refractivity contribution in [3.05, 3.63) is 96.1 Å². The smallest absolute Gasteiger partial charge is 0.421 e. The van der Waals surface area contributed by atoms with Crippen LogP contribution >= 0.6 is 0 Å². The molecule has 0 spiro atoms. The zero-order valence-corrected chi connectivity index (χ0v) is 32.2. The lowest BCUT2D eigenvalue weighted by Crippen LogP contribution is -2.51. The van der Waals surface area contributed by atoms with Gasteiger partial charge in [0.1, 0.15) is 30.6 Å². The van der Waals surface area contributed by atoms with Crippen LogP contribution in [0.15, 0.2) is 79.4 Å². The molecule has 2 aliphatic rings. The van der Waals surface area contributed by atoms with E-state index in [-0.39, 0.29) is 50.8 Å². The van der Waals surface area contributed by atoms with Crippen LogP contribution in [-0.2, 0) is 37.0 Å². The van der Waals surface area contributed by atoms with Gasteiger partial charge in [-0.15, -0.1) is 0 Å². The first-order chi connectivity index (χ1) is 28.5. The lowest BCUT2D eigenvalue weighted by Gasteiger charge is -2.29. The van der Waals surface area contributed by atoms with Gasteiger partial charge in [-0.1, -0.05) is 18.7 Å². The highest BCUT2D eigenvalue weighted by Gasteiger charge is 2.44. The Hall–Kier alpha value is -5.88. The molecule has 1 fully saturated rings. The number of halogens is 3. The molecule has 7 rings (SSSR count). The number of nitrogens with one attached hydrogen (secondary N) is 1. The van der Waals surface area contributed by atoms with Crippen molar-refractivity contribution in [1.29, 1.82) is 0 Å². The summed E-state index contributed by atoms with van der Waals surface area (Å²) in [6.07, 6.45) is 0.962. The SMILES string of the molecule is C=C1CCC(N2C(=O)c3ccc(OCCOCCOCCOCCOCCOc4ncc(-c5ccc6c7cnccc7n(C)c6c5)cc4C(F)(F)F)cc3C2=O)C(=O)N1. The Morgan fingerprint density at radius 1 is 0.746 bits per heavy atom. The van der Waals surface area contributed by atoms with E-state index in [4.69, 9.17) is 28.4 Å². The lowest BCUT2D eigenvalue weighted by molar-refractivity contribution is -0.139. The fourth-order valence-corrected chi connectivity index (χ4v) is 6.96. The van der Waals surface area contributed by atoms with Gasteiger partial charge in [-0.3, -0.25) is 24.3 Å². The third kappa shape index (κ3) is 9.38. The van der Waals surface area contributed by atoms with Gasteiger partial charge < -0.3 is 38.3 Å². The quantitative estimate of drug-likeness (QED) is 0.0805. The van der Waals surface area contributed by atoms with E-state index in [0.29, 0.717) is 61.8 Å². The van der Waals surface area contributed by atoms with Crippen molar-refractivity contribution >= 4 is 39.5 Å². The summed E-state index contributed by atoms with van der Waals surface area (Å²) in [4.78, 5) is 47.5. The number of fused-ring (bicyclic) bond motifs is 4. The Kier molecular flexibility index (Phi) is 12.9. The summed E-state index contributed by atoms with van der Waals surface area (Å²) < 4.78 is 77.1. The van der Waals surface area contributed by atoms with E-state index < -0.39 is 41.4 Å². The molecular weight excluding hydrogens is 775 g/mol. The molecule has 5 heterocycles. The van der Waals surface area contributed by atoms with Crippen molar-refractivity contribution in [3.8, 4) is 22.8 Å². The fraction of sp³-hybridized carbons (Fsp3) is 0.357. The monoisotopic (exact) mass is 817 g/mol. The van der Waals surface area contributed by atoms with Gasteiger partial charge in [0.2, 0.25) is 11.8 Å². The Morgan fingerprint density at radius 2 is 1.41 bits per heavy atom. The third-order valence-corrected chi connectivity index (χ3v) is 9.90. The van der Waals surface area contributed by atoms with Gasteiger partial charge >= 0.3 is 6.18 Å². The summed E-state index contributed by atoms with van der Waals surface area (Å²) in [5.41, 5.74) is 2.73. The van der Waals surface area contributed by atoms with Crippen LogP contribution in [0.5, 0.6) is 11.6 Å². The molecule has 3 aromatic heterocycles. The molecule has 1 atom stereocenters. The minimum absolute atomic E-state index is 0.0364. The molecule has 14 nitrogen and oxygen atoms in total. The van der Waals surface area contributed by atoms with Gasteiger partial charge in [0.05, 0.1) is 69.5 Å². The first kappa shape index (κ1) is 41.3. The van der Waals surface area contributed by atoms with E-state index in [1.165, 1.54) is 18.3 Å². The molecule has 5 aromatic rings. The number of nitrogens with zero attached hydrogens (tertiary/aromatic N) is 4. The molecule has 0 radical (unpaired) electrons. The van der Waals surface area contributed by atoms with Crippen molar-refractivity contribution in [2.75, 3.05) is 66.1 Å². The number of aryl methyl sites for hydroxylation is 1. The number of hydrogen-bond donors (Lipinski definition) is 1. The molecular formula is C42H42F3N5O9. The van der Waals surface area contributed by atoms with Crippen LogP contribution in [0.4, 0.5) is 13.2 Å². The number of alkyl halides is 3. The molecule has 1 unspecified atom stereocenters. The largest absolute Gasteiger partial charge is 0.491 e. The average molecular weight is 818 g/mol. The van der Waals surface area contributed by atoms with Crippen molar-refractivity contribution in [1.82, 2.24) is 24.8 Å². The van der Waals surface area contributed by atoms with E-state index in [2.05, 4.69) is 21.9 Å². The third-order valence-electron chi connectivity index (χ3n) is 9.90. The number of carbonyl (C=O) groups is 3. The van der Waals surface area contributed by atoms with E-state index >= 15 is 0 Å². The first-order valence-electron chi connectivity index (χ1n) is 19.0. The van der Waals surface area contributed by atoms with E-state index in [1.54, 1.807) is 24.5 Å². The second-order valence-corrected chi connectivity index (χ2v) is 13.7. The van der Waals surface area contributed by atoms with Crippen molar-refractivity contribution in [3.63, 3.8) is 0 Å². The lowest BCUT2D eigenvalue weighted by atomic mass is 10.0. The average Bonchev–Trinajstić information content (AvgIpc) is 3.65. The predicted molar refractivity (Wildman–Crippen MR) is 208 cm³/mol. The predicted octanol–water partition coefficient (Wildman–Crippen LogP) is 5.72. The molecule has 310 valence electrons. The number of aromatic nitrogens is 3. The van der Waals surface area contributed by atoms with Crippen molar-refractivity contribution in [2.45, 2.75) is 25.1 Å². The molecule has 0 aliphatic carbocycles. The zero-order valence-electron chi connectivity index (χ0n) is 32.2. The fourth-order valence-electron chi connectivity index (χ4n) is 6.96. The summed E-state index contributed by atoms with van der Waals surface area (Å²) in [6.45, 7) is 5.78. The van der Waals surface area contributed by atoms with Crippen LogP contribution in [0.1, 0.15) is 39.1 Å². The Balaban J connectivity index is 0.736. The van der Waals surface area contributed by atoms with Gasteiger partial charge in [-0.25, -0.2) is 4.98 Å². The second-order valence-electron chi connectivity index (χ2n) is 13.7. The number of carbonyl (C=O) groups excluding carboxylic acids is 3. The van der Waals surface area contributed by atoms with Crippen molar-refractivity contribution < 1.29 is 56.0 Å². The van der Waals surface area contributed by atoms with E-state index in [0.717, 1.165) is 32.8 Å². The number of amides is 3. The number of pyridine rings is 2. The molecule has 2 aromatic carbocycles. The maximum Gasteiger partial charge on any atom is 0.421 e. The topological polar surface area (TPSA) is 153 Å². The maximum absolute atomic E-state index is 14.0. The highest BCUT2D eigenvalue weighted by Crippen LogP contribution is 2.39. The molecule has 59 heavy (non-hydrogen) atoms. The van der Waals surface area contributed by atoms with E-state index in [9.17, 15) is 27.6 Å². The van der Waals surface area contributed by atoms with E-state index in [1.807, 2.05) is 29.8 Å². The number of ether oxygens (including phenoxy) is 6. The summed E-state index contributed by atoms with van der Waals surface area (Å²) >= 11 is 0. The van der Waals surface area contributed by atoms with Gasteiger partial charge in [0, 0.05) is 53.2 Å². The van der Waals surface area contributed by atoms with Gasteiger partial charge in [0.25, 0.3) is 11.8 Å². The Bertz CT molecular complexity index is 2370. The standard InChI is InChI=1S/C42H42F3N5O9/c1-26-3-8-36(38(51)48-26)50-40(52)31-7-5-29(23-32(31)41(50)53)58-19-17-56-15-13-54-11-12-55-14-16-57-18-20-59-39-34(42(43,44)45)21-28(24-47-39)27-4-6-30-33-25-46-10-9-35(33)49(2)37(30)22-27/h4-7,9-10,21-25,36H,1,3,8,11-20H2,2H3,(H,48,51). The summed E-state index contributed by atoms with van der Waals surface area (Å²) in [5.74, 6) is -1.60. The normalized spacial score (nSPS) is 15.7. The minimum Gasteiger partial charge on any atom is -0.491 e. The molecule has 0 bridgehead atoms. The van der Waals surface area contributed by atoms with Crippen molar-refractivity contribution in [2.24, 2.45) is 7.05 Å². The highest BCUT2D eigenvalue weighted by atomic mass is 19.4. The number of hydrogen-bond acceptors (Lipinski definition) is 11. The number of rotatable bonds is 19. The maximum atomic E-state index is 14.0. The summed E-state index contributed by atoms with van der Waals surface area (Å²) in [5, 5.41) is 4.52. The van der Waals surface area contributed by atoms with Gasteiger partial charge in [0.15, 0.2) is 0 Å².